The molecule has 15 heavy (non-hydrogen) atoms. The fraction of sp³-hybridized carbons (Fsp3) is 0. The van der Waals surface area contributed by atoms with Gasteiger partial charge >= 0.3 is 0 Å². The minimum atomic E-state index is -0.0139. The van der Waals surface area contributed by atoms with Crippen molar-refractivity contribution < 1.29 is 9.32 Å². The highest BCUT2D eigenvalue weighted by atomic mass is 35.5. The molecule has 0 saturated heterocycles. The summed E-state index contributed by atoms with van der Waals surface area (Å²) in [6.45, 7) is 0. The van der Waals surface area contributed by atoms with Crippen LogP contribution in [-0.2, 0) is 0 Å². The summed E-state index contributed by atoms with van der Waals surface area (Å²) < 4.78 is 4.72. The number of hydrogen-bond acceptors (Lipinski definition) is 3. The topological polar surface area (TPSA) is 43.1 Å². The molecule has 0 N–H and O–H groups in total. The van der Waals surface area contributed by atoms with Gasteiger partial charge in [-0.1, -0.05) is 28.9 Å². The maximum absolute atomic E-state index is 10.8. The molecule has 2 rings (SSSR count). The molecule has 5 heteroatoms. The number of nitrogens with zero attached hydrogens (tertiary/aromatic N) is 1. The molecule has 1 aromatic carbocycles. The highest BCUT2D eigenvalue weighted by Gasteiger charge is 2.15. The molecule has 1 heterocycles. The number of rotatable bonds is 2. The van der Waals surface area contributed by atoms with Gasteiger partial charge in [-0.15, -0.1) is 0 Å². The molecule has 0 bridgehead atoms. The van der Waals surface area contributed by atoms with E-state index in [0.717, 1.165) is 0 Å². The van der Waals surface area contributed by atoms with Crippen molar-refractivity contribution in [3.8, 4) is 11.3 Å². The van der Waals surface area contributed by atoms with Gasteiger partial charge in [0, 0.05) is 10.6 Å². The maximum Gasteiger partial charge on any atom is 0.237 e. The van der Waals surface area contributed by atoms with Gasteiger partial charge in [0.25, 0.3) is 0 Å². The van der Waals surface area contributed by atoms with E-state index >= 15 is 0 Å². The fourth-order valence-electron chi connectivity index (χ4n) is 1.22. The van der Waals surface area contributed by atoms with Crippen LogP contribution in [-0.4, -0.2) is 11.4 Å². The second-order valence-electron chi connectivity index (χ2n) is 2.85. The average molecular weight is 242 g/mol. The summed E-state index contributed by atoms with van der Waals surface area (Å²) in [5.41, 5.74) is 1.33. The standard InChI is InChI=1S/C10H5Cl2NO2/c11-7-3-1-2-6(4-7)9-8(5-14)10(12)15-13-9/h1-5H. The largest absolute Gasteiger partial charge is 0.343 e. The zero-order chi connectivity index (χ0) is 10.8. The number of aromatic nitrogens is 1. The molecule has 2 aromatic rings. The van der Waals surface area contributed by atoms with Gasteiger partial charge in [0.2, 0.25) is 5.22 Å². The average Bonchev–Trinajstić information content (AvgIpc) is 2.59. The van der Waals surface area contributed by atoms with E-state index in [1.807, 2.05) is 0 Å². The Morgan fingerprint density at radius 3 is 2.80 bits per heavy atom. The summed E-state index contributed by atoms with van der Waals surface area (Å²) >= 11 is 11.5. The van der Waals surface area contributed by atoms with Crippen LogP contribution >= 0.6 is 23.2 Å². The first-order chi connectivity index (χ1) is 7.22. The van der Waals surface area contributed by atoms with Crippen LogP contribution in [0.2, 0.25) is 10.2 Å². The zero-order valence-corrected chi connectivity index (χ0v) is 8.92. The summed E-state index contributed by atoms with van der Waals surface area (Å²) in [5.74, 6) is 0. The molecule has 3 nitrogen and oxygen atoms in total. The summed E-state index contributed by atoms with van der Waals surface area (Å²) in [6, 6.07) is 6.94. The highest BCUT2D eigenvalue weighted by molar-refractivity contribution is 6.32. The Bertz CT molecular complexity index is 508. The minimum Gasteiger partial charge on any atom is -0.343 e. The molecule has 0 saturated carbocycles. The SMILES string of the molecule is O=Cc1c(-c2cccc(Cl)c2)noc1Cl. The van der Waals surface area contributed by atoms with Crippen molar-refractivity contribution in [1.29, 1.82) is 0 Å². The van der Waals surface area contributed by atoms with Crippen LogP contribution in [0.5, 0.6) is 0 Å². The summed E-state index contributed by atoms with van der Waals surface area (Å²) in [7, 11) is 0. The monoisotopic (exact) mass is 241 g/mol. The first kappa shape index (κ1) is 10.2. The van der Waals surface area contributed by atoms with Crippen molar-refractivity contribution >= 4 is 29.5 Å². The number of halogens is 2. The lowest BCUT2D eigenvalue weighted by Gasteiger charge is -1.96. The van der Waals surface area contributed by atoms with Crippen molar-refractivity contribution in [2.24, 2.45) is 0 Å². The molecule has 0 aliphatic heterocycles. The van der Waals surface area contributed by atoms with Gasteiger partial charge in [0.05, 0.1) is 0 Å². The third-order valence-corrected chi connectivity index (χ3v) is 2.41. The lowest BCUT2D eigenvalue weighted by molar-refractivity contribution is 0.112. The molecule has 1 aromatic heterocycles. The molecule has 0 aliphatic carbocycles. The van der Waals surface area contributed by atoms with Gasteiger partial charge in [0.15, 0.2) is 6.29 Å². The van der Waals surface area contributed by atoms with Crippen LogP contribution in [0.15, 0.2) is 28.8 Å². The van der Waals surface area contributed by atoms with Crippen LogP contribution in [0, 0.1) is 0 Å². The second kappa shape index (κ2) is 4.04. The van der Waals surface area contributed by atoms with Crippen LogP contribution in [0.25, 0.3) is 11.3 Å². The van der Waals surface area contributed by atoms with E-state index in [1.54, 1.807) is 24.3 Å². The van der Waals surface area contributed by atoms with Crippen molar-refractivity contribution in [3.05, 3.63) is 40.1 Å². The van der Waals surface area contributed by atoms with E-state index in [4.69, 9.17) is 27.7 Å². The lowest BCUT2D eigenvalue weighted by atomic mass is 10.1. The molecule has 0 aliphatic rings. The molecule has 0 fully saturated rings. The molecular formula is C10H5Cl2NO2. The van der Waals surface area contributed by atoms with E-state index in [1.165, 1.54) is 0 Å². The zero-order valence-electron chi connectivity index (χ0n) is 7.41. The van der Waals surface area contributed by atoms with Crippen LogP contribution in [0.1, 0.15) is 10.4 Å². The van der Waals surface area contributed by atoms with Gasteiger partial charge in [0.1, 0.15) is 11.3 Å². The second-order valence-corrected chi connectivity index (χ2v) is 3.63. The molecule has 0 radical (unpaired) electrons. The smallest absolute Gasteiger partial charge is 0.237 e. The van der Waals surface area contributed by atoms with E-state index in [-0.39, 0.29) is 10.8 Å². The maximum atomic E-state index is 10.8. The third-order valence-electron chi connectivity index (χ3n) is 1.90. The number of carbonyl (C=O) groups excluding carboxylic acids is 1. The molecule has 0 unspecified atom stereocenters. The van der Waals surface area contributed by atoms with E-state index < -0.39 is 0 Å². The molecule has 0 amide bonds. The van der Waals surface area contributed by atoms with Crippen molar-refractivity contribution in [3.63, 3.8) is 0 Å². The molecule has 0 atom stereocenters. The minimum absolute atomic E-state index is 0.0139. The number of hydrogen-bond donors (Lipinski definition) is 0. The Labute approximate surface area is 95.6 Å². The Morgan fingerprint density at radius 1 is 1.33 bits per heavy atom. The predicted molar refractivity (Wildman–Crippen MR) is 57.3 cm³/mol. The first-order valence-corrected chi connectivity index (χ1v) is 4.84. The van der Waals surface area contributed by atoms with Crippen LogP contribution in [0.3, 0.4) is 0 Å². The predicted octanol–water partition coefficient (Wildman–Crippen LogP) is 3.46. The number of aldehydes is 1. The molecule has 0 spiro atoms. The third kappa shape index (κ3) is 1.89. The summed E-state index contributed by atoms with van der Waals surface area (Å²) in [4.78, 5) is 10.8. The van der Waals surface area contributed by atoms with Gasteiger partial charge in [-0.2, -0.15) is 0 Å². The first-order valence-electron chi connectivity index (χ1n) is 4.08. The van der Waals surface area contributed by atoms with Gasteiger partial charge in [-0.25, -0.2) is 0 Å². The van der Waals surface area contributed by atoms with Crippen LogP contribution < -0.4 is 0 Å². The molecular weight excluding hydrogens is 237 g/mol. The summed E-state index contributed by atoms with van der Waals surface area (Å²) in [6.07, 6.45) is 0.606. The van der Waals surface area contributed by atoms with Gasteiger partial charge in [-0.05, 0) is 23.7 Å². The Kier molecular flexibility index (Phi) is 2.75. The quantitative estimate of drug-likeness (QED) is 0.757. The molecule has 76 valence electrons. The Morgan fingerprint density at radius 2 is 2.13 bits per heavy atom. The van der Waals surface area contributed by atoms with Crippen molar-refractivity contribution in [2.45, 2.75) is 0 Å². The number of carbonyl (C=O) groups is 1. The van der Waals surface area contributed by atoms with Crippen LogP contribution in [0.4, 0.5) is 0 Å². The highest BCUT2D eigenvalue weighted by Crippen LogP contribution is 2.28. The van der Waals surface area contributed by atoms with E-state index in [9.17, 15) is 4.79 Å². The van der Waals surface area contributed by atoms with Crippen molar-refractivity contribution in [2.75, 3.05) is 0 Å². The Hall–Kier alpha value is -1.32. The van der Waals surface area contributed by atoms with Crippen molar-refractivity contribution in [1.82, 2.24) is 5.16 Å². The number of benzene rings is 1. The fourth-order valence-corrected chi connectivity index (χ4v) is 1.58. The summed E-state index contributed by atoms with van der Waals surface area (Å²) in [5, 5.41) is 4.25. The Balaban J connectivity index is 2.58. The normalized spacial score (nSPS) is 10.3. The van der Waals surface area contributed by atoms with Gasteiger partial charge < -0.3 is 4.52 Å². The van der Waals surface area contributed by atoms with E-state index in [2.05, 4.69) is 5.16 Å². The van der Waals surface area contributed by atoms with Gasteiger partial charge in [-0.3, -0.25) is 4.79 Å². The lowest BCUT2D eigenvalue weighted by Crippen LogP contribution is -1.84. The van der Waals surface area contributed by atoms with E-state index in [0.29, 0.717) is 22.6 Å².